The highest BCUT2D eigenvalue weighted by Crippen LogP contribution is 2.31. The Balaban J connectivity index is 2.58. The van der Waals surface area contributed by atoms with Gasteiger partial charge in [0.05, 0.1) is 13.2 Å². The molecule has 0 atom stereocenters. The highest BCUT2D eigenvalue weighted by Gasteiger charge is 2.33. The van der Waals surface area contributed by atoms with E-state index in [0.29, 0.717) is 25.6 Å². The van der Waals surface area contributed by atoms with Crippen LogP contribution in [0.3, 0.4) is 0 Å². The van der Waals surface area contributed by atoms with Crippen LogP contribution in [0.4, 0.5) is 0 Å². The lowest BCUT2D eigenvalue weighted by Crippen LogP contribution is -2.31. The summed E-state index contributed by atoms with van der Waals surface area (Å²) in [6.45, 7) is 8.65. The van der Waals surface area contributed by atoms with E-state index in [2.05, 4.69) is 0 Å². The molecule has 1 aliphatic carbocycles. The van der Waals surface area contributed by atoms with Crippen molar-refractivity contribution in [1.29, 1.82) is 0 Å². The van der Waals surface area contributed by atoms with E-state index in [4.69, 9.17) is 9.47 Å². The molecule has 0 saturated heterocycles. The fraction of sp³-hybridized carbons (Fsp3) is 0.882. The van der Waals surface area contributed by atoms with Crippen LogP contribution in [0.5, 0.6) is 0 Å². The smallest absolute Gasteiger partial charge is 0.320 e. The molecule has 0 aliphatic heterocycles. The molecule has 4 heteroatoms. The van der Waals surface area contributed by atoms with Gasteiger partial charge in [0.1, 0.15) is 0 Å². The molecule has 1 saturated carbocycles. The first-order valence-corrected chi connectivity index (χ1v) is 8.23. The van der Waals surface area contributed by atoms with Crippen LogP contribution in [0.1, 0.15) is 59.8 Å². The number of carbonyl (C=O) groups is 2. The Kier molecular flexibility index (Phi) is 7.76. The summed E-state index contributed by atoms with van der Waals surface area (Å²) in [5, 5.41) is 0. The zero-order chi connectivity index (χ0) is 15.8. The molecule has 4 nitrogen and oxygen atoms in total. The van der Waals surface area contributed by atoms with Crippen molar-refractivity contribution in [2.24, 2.45) is 23.7 Å². The van der Waals surface area contributed by atoms with Crippen LogP contribution in [0.25, 0.3) is 0 Å². The molecule has 0 heterocycles. The van der Waals surface area contributed by atoms with Crippen molar-refractivity contribution in [3.63, 3.8) is 0 Å². The van der Waals surface area contributed by atoms with E-state index in [1.165, 1.54) is 12.8 Å². The van der Waals surface area contributed by atoms with E-state index in [-0.39, 0.29) is 11.8 Å². The Morgan fingerprint density at radius 2 is 1.33 bits per heavy atom. The van der Waals surface area contributed by atoms with Gasteiger partial charge in [-0.2, -0.15) is 0 Å². The summed E-state index contributed by atoms with van der Waals surface area (Å²) in [6, 6.07) is 0. The average Bonchev–Trinajstić information content (AvgIpc) is 2.92. The molecule has 0 amide bonds. The van der Waals surface area contributed by atoms with Gasteiger partial charge in [0.25, 0.3) is 0 Å². The van der Waals surface area contributed by atoms with E-state index >= 15 is 0 Å². The minimum Gasteiger partial charge on any atom is -0.465 e. The van der Waals surface area contributed by atoms with Crippen LogP contribution >= 0.6 is 0 Å². The van der Waals surface area contributed by atoms with Gasteiger partial charge in [0, 0.05) is 0 Å². The lowest BCUT2D eigenvalue weighted by molar-refractivity contribution is -0.164. The molecule has 1 aliphatic rings. The summed E-state index contributed by atoms with van der Waals surface area (Å²) < 4.78 is 10.5. The van der Waals surface area contributed by atoms with Gasteiger partial charge < -0.3 is 9.47 Å². The van der Waals surface area contributed by atoms with Crippen LogP contribution < -0.4 is 0 Å². The summed E-state index contributed by atoms with van der Waals surface area (Å²) in [4.78, 5) is 24.4. The molecule has 0 aromatic carbocycles. The molecular weight excluding hydrogens is 268 g/mol. The molecule has 0 unspecified atom stereocenters. The predicted octanol–water partition coefficient (Wildman–Crippen LogP) is 3.58. The minimum atomic E-state index is -0.745. The molecule has 0 aromatic heterocycles. The lowest BCUT2D eigenvalue weighted by atomic mass is 9.93. The Labute approximate surface area is 128 Å². The summed E-state index contributed by atoms with van der Waals surface area (Å²) in [6.07, 6.45) is 5.17. The Morgan fingerprint density at radius 3 is 1.71 bits per heavy atom. The zero-order valence-electron chi connectivity index (χ0n) is 13.9. The van der Waals surface area contributed by atoms with E-state index in [9.17, 15) is 9.59 Å². The van der Waals surface area contributed by atoms with Crippen molar-refractivity contribution in [2.45, 2.75) is 59.8 Å². The van der Waals surface area contributed by atoms with Crippen LogP contribution in [0, 0.1) is 23.7 Å². The topological polar surface area (TPSA) is 52.6 Å². The molecule has 0 bridgehead atoms. The van der Waals surface area contributed by atoms with Gasteiger partial charge in [0.15, 0.2) is 5.92 Å². The summed E-state index contributed by atoms with van der Waals surface area (Å²) in [7, 11) is 0. The van der Waals surface area contributed by atoms with E-state index in [0.717, 1.165) is 12.8 Å². The number of rotatable bonds is 8. The molecule has 0 aromatic rings. The maximum atomic E-state index is 12.2. The second kappa shape index (κ2) is 9.06. The minimum absolute atomic E-state index is 0.271. The standard InChI is InChI=1S/C17H30O4/c1-12(2)10-20-16(18)15(9-14-7-5-6-8-14)17(19)21-11-13(3)4/h12-15H,5-11H2,1-4H3. The summed E-state index contributed by atoms with van der Waals surface area (Å²) >= 11 is 0. The number of esters is 2. The van der Waals surface area contributed by atoms with Crippen LogP contribution in [0.2, 0.25) is 0 Å². The number of hydrogen-bond donors (Lipinski definition) is 0. The van der Waals surface area contributed by atoms with E-state index in [1.807, 2.05) is 27.7 Å². The molecule has 0 spiro atoms. The SMILES string of the molecule is CC(C)COC(=O)C(CC1CCCC1)C(=O)OCC(C)C. The first-order valence-electron chi connectivity index (χ1n) is 8.23. The number of carbonyl (C=O) groups excluding carboxylic acids is 2. The molecule has 1 rings (SSSR count). The number of hydrogen-bond acceptors (Lipinski definition) is 4. The maximum Gasteiger partial charge on any atom is 0.320 e. The van der Waals surface area contributed by atoms with Crippen LogP contribution in [0.15, 0.2) is 0 Å². The van der Waals surface area contributed by atoms with Crippen molar-refractivity contribution in [3.05, 3.63) is 0 Å². The molecule has 1 fully saturated rings. The fourth-order valence-electron chi connectivity index (χ4n) is 2.57. The predicted molar refractivity (Wildman–Crippen MR) is 81.7 cm³/mol. The van der Waals surface area contributed by atoms with Gasteiger partial charge in [-0.15, -0.1) is 0 Å². The summed E-state index contributed by atoms with van der Waals surface area (Å²) in [5.41, 5.74) is 0. The van der Waals surface area contributed by atoms with Crippen molar-refractivity contribution in [1.82, 2.24) is 0 Å². The Morgan fingerprint density at radius 1 is 0.905 bits per heavy atom. The fourth-order valence-corrected chi connectivity index (χ4v) is 2.57. The van der Waals surface area contributed by atoms with E-state index in [1.54, 1.807) is 0 Å². The van der Waals surface area contributed by atoms with Gasteiger partial charge >= 0.3 is 11.9 Å². The van der Waals surface area contributed by atoms with Crippen LogP contribution in [-0.4, -0.2) is 25.2 Å². The van der Waals surface area contributed by atoms with Gasteiger partial charge in [-0.05, 0) is 24.2 Å². The first kappa shape index (κ1) is 18.0. The monoisotopic (exact) mass is 298 g/mol. The second-order valence-corrected chi connectivity index (χ2v) is 6.99. The zero-order valence-corrected chi connectivity index (χ0v) is 13.9. The Hall–Kier alpha value is -1.06. The molecule has 0 radical (unpaired) electrons. The lowest BCUT2D eigenvalue weighted by Gasteiger charge is -2.19. The average molecular weight is 298 g/mol. The highest BCUT2D eigenvalue weighted by molar-refractivity contribution is 5.94. The molecule has 122 valence electrons. The van der Waals surface area contributed by atoms with E-state index < -0.39 is 17.9 Å². The van der Waals surface area contributed by atoms with Crippen LogP contribution in [-0.2, 0) is 19.1 Å². The van der Waals surface area contributed by atoms with Gasteiger partial charge in [-0.25, -0.2) is 0 Å². The number of ether oxygens (including phenoxy) is 2. The maximum absolute atomic E-state index is 12.2. The van der Waals surface area contributed by atoms with Crippen molar-refractivity contribution in [2.75, 3.05) is 13.2 Å². The molecule has 0 N–H and O–H groups in total. The Bertz CT molecular complexity index is 306. The third kappa shape index (κ3) is 6.96. The van der Waals surface area contributed by atoms with Crippen molar-refractivity contribution >= 4 is 11.9 Å². The third-order valence-corrected chi connectivity index (χ3v) is 3.73. The largest absolute Gasteiger partial charge is 0.465 e. The first-order chi connectivity index (χ1) is 9.90. The van der Waals surface area contributed by atoms with Crippen molar-refractivity contribution < 1.29 is 19.1 Å². The highest BCUT2D eigenvalue weighted by atomic mass is 16.6. The van der Waals surface area contributed by atoms with Gasteiger partial charge in [0.2, 0.25) is 0 Å². The van der Waals surface area contributed by atoms with Gasteiger partial charge in [-0.1, -0.05) is 53.4 Å². The van der Waals surface area contributed by atoms with Crippen molar-refractivity contribution in [3.8, 4) is 0 Å². The second-order valence-electron chi connectivity index (χ2n) is 6.99. The third-order valence-electron chi connectivity index (χ3n) is 3.73. The molecular formula is C17H30O4. The quantitative estimate of drug-likeness (QED) is 0.507. The molecule has 21 heavy (non-hydrogen) atoms. The summed E-state index contributed by atoms with van der Waals surface area (Å²) in [5.74, 6) is -0.576. The normalized spacial score (nSPS) is 16.0. The van der Waals surface area contributed by atoms with Gasteiger partial charge in [-0.3, -0.25) is 9.59 Å².